The summed E-state index contributed by atoms with van der Waals surface area (Å²) in [5.41, 5.74) is 0. The van der Waals surface area contributed by atoms with E-state index in [9.17, 15) is 0 Å². The molecule has 18 heavy (non-hydrogen) atoms. The van der Waals surface area contributed by atoms with Gasteiger partial charge in [-0.1, -0.05) is 34.1 Å². The monoisotopic (exact) mass is 254 g/mol. The highest BCUT2D eigenvalue weighted by atomic mass is 15.2. The molecule has 3 unspecified atom stereocenters. The predicted molar refractivity (Wildman–Crippen MR) is 81.0 cm³/mol. The van der Waals surface area contributed by atoms with Gasteiger partial charge in [0, 0.05) is 18.6 Å². The van der Waals surface area contributed by atoms with Gasteiger partial charge in [-0.15, -0.1) is 0 Å². The standard InChI is InChI=1S/C16H34N2/c1-6-7-16(12-17-11-13(2)3)18-9-8-14(4)10-15(18)5/h13-17H,6-12H2,1-5H3. The van der Waals surface area contributed by atoms with Crippen molar-refractivity contribution in [2.75, 3.05) is 19.6 Å². The largest absolute Gasteiger partial charge is 0.315 e. The van der Waals surface area contributed by atoms with Gasteiger partial charge >= 0.3 is 0 Å². The fourth-order valence-electron chi connectivity index (χ4n) is 3.22. The molecular weight excluding hydrogens is 220 g/mol. The maximum absolute atomic E-state index is 3.66. The van der Waals surface area contributed by atoms with Crippen molar-refractivity contribution >= 4 is 0 Å². The van der Waals surface area contributed by atoms with Crippen molar-refractivity contribution in [2.24, 2.45) is 11.8 Å². The Hall–Kier alpha value is -0.0800. The van der Waals surface area contributed by atoms with Crippen LogP contribution in [-0.4, -0.2) is 36.6 Å². The third-order valence-electron chi connectivity index (χ3n) is 4.21. The number of rotatable bonds is 7. The lowest BCUT2D eigenvalue weighted by molar-refractivity contribution is 0.0758. The Morgan fingerprint density at radius 1 is 1.22 bits per heavy atom. The quantitative estimate of drug-likeness (QED) is 0.748. The van der Waals surface area contributed by atoms with Crippen LogP contribution in [0.3, 0.4) is 0 Å². The van der Waals surface area contributed by atoms with Crippen LogP contribution in [-0.2, 0) is 0 Å². The van der Waals surface area contributed by atoms with Crippen LogP contribution in [0.4, 0.5) is 0 Å². The first-order valence-corrected chi connectivity index (χ1v) is 8.01. The molecule has 1 heterocycles. The Kier molecular flexibility index (Phi) is 7.25. The van der Waals surface area contributed by atoms with Gasteiger partial charge in [0.2, 0.25) is 0 Å². The molecule has 0 aliphatic carbocycles. The maximum atomic E-state index is 3.66. The summed E-state index contributed by atoms with van der Waals surface area (Å²) in [7, 11) is 0. The summed E-state index contributed by atoms with van der Waals surface area (Å²) in [5.74, 6) is 1.67. The molecule has 1 aliphatic rings. The van der Waals surface area contributed by atoms with Gasteiger partial charge < -0.3 is 5.32 Å². The van der Waals surface area contributed by atoms with Crippen LogP contribution in [0.15, 0.2) is 0 Å². The van der Waals surface area contributed by atoms with Gasteiger partial charge in [-0.3, -0.25) is 4.90 Å². The minimum Gasteiger partial charge on any atom is -0.315 e. The van der Waals surface area contributed by atoms with E-state index < -0.39 is 0 Å². The van der Waals surface area contributed by atoms with Crippen molar-refractivity contribution in [1.82, 2.24) is 10.2 Å². The molecule has 0 bridgehead atoms. The van der Waals surface area contributed by atoms with E-state index in [1.807, 2.05) is 0 Å². The zero-order valence-corrected chi connectivity index (χ0v) is 13.2. The zero-order valence-electron chi connectivity index (χ0n) is 13.2. The molecule has 0 spiro atoms. The molecule has 1 aliphatic heterocycles. The molecule has 0 aromatic carbocycles. The maximum Gasteiger partial charge on any atom is 0.0223 e. The highest BCUT2D eigenvalue weighted by Gasteiger charge is 2.27. The SMILES string of the molecule is CCCC(CNCC(C)C)N1CCC(C)CC1C. The molecular formula is C16H34N2. The summed E-state index contributed by atoms with van der Waals surface area (Å²) in [5, 5.41) is 3.66. The lowest BCUT2D eigenvalue weighted by Gasteiger charge is -2.42. The van der Waals surface area contributed by atoms with Gasteiger partial charge in [0.1, 0.15) is 0 Å². The molecule has 108 valence electrons. The smallest absolute Gasteiger partial charge is 0.0223 e. The summed E-state index contributed by atoms with van der Waals surface area (Å²) >= 11 is 0. The lowest BCUT2D eigenvalue weighted by Crippen LogP contribution is -2.50. The van der Waals surface area contributed by atoms with Crippen LogP contribution in [0.25, 0.3) is 0 Å². The summed E-state index contributed by atoms with van der Waals surface area (Å²) in [4.78, 5) is 2.76. The van der Waals surface area contributed by atoms with Crippen molar-refractivity contribution in [2.45, 2.75) is 72.4 Å². The Morgan fingerprint density at radius 3 is 2.50 bits per heavy atom. The third-order valence-corrected chi connectivity index (χ3v) is 4.21. The van der Waals surface area contributed by atoms with Crippen LogP contribution in [0.2, 0.25) is 0 Å². The fraction of sp³-hybridized carbons (Fsp3) is 1.00. The summed E-state index contributed by atoms with van der Waals surface area (Å²) in [6, 6.07) is 1.52. The molecule has 1 rings (SSSR count). The van der Waals surface area contributed by atoms with E-state index in [0.29, 0.717) is 0 Å². The second-order valence-electron chi connectivity index (χ2n) is 6.71. The second-order valence-corrected chi connectivity index (χ2v) is 6.71. The minimum atomic E-state index is 0.747. The van der Waals surface area contributed by atoms with Gasteiger partial charge in [-0.2, -0.15) is 0 Å². The first-order valence-electron chi connectivity index (χ1n) is 8.01. The van der Waals surface area contributed by atoms with Crippen LogP contribution in [0.1, 0.15) is 60.3 Å². The first kappa shape index (κ1) is 16.0. The van der Waals surface area contributed by atoms with Crippen molar-refractivity contribution in [3.8, 4) is 0 Å². The number of nitrogens with one attached hydrogen (secondary N) is 1. The zero-order chi connectivity index (χ0) is 13.5. The number of likely N-dealkylation sites (tertiary alicyclic amines) is 1. The van der Waals surface area contributed by atoms with E-state index in [1.165, 1.54) is 38.8 Å². The van der Waals surface area contributed by atoms with E-state index in [2.05, 4.69) is 44.8 Å². The van der Waals surface area contributed by atoms with E-state index in [-0.39, 0.29) is 0 Å². The van der Waals surface area contributed by atoms with Crippen molar-refractivity contribution in [3.05, 3.63) is 0 Å². The second kappa shape index (κ2) is 8.16. The number of piperidine rings is 1. The summed E-state index contributed by atoms with van der Waals surface area (Å²) in [6.45, 7) is 15.3. The minimum absolute atomic E-state index is 0.747. The summed E-state index contributed by atoms with van der Waals surface area (Å²) < 4.78 is 0. The average Bonchev–Trinajstić information content (AvgIpc) is 2.28. The molecule has 1 N–H and O–H groups in total. The summed E-state index contributed by atoms with van der Waals surface area (Å²) in [6.07, 6.45) is 5.40. The molecule has 0 aromatic rings. The lowest BCUT2D eigenvalue weighted by atomic mass is 9.91. The number of nitrogens with zero attached hydrogens (tertiary/aromatic N) is 1. The highest BCUT2D eigenvalue weighted by Crippen LogP contribution is 2.25. The van der Waals surface area contributed by atoms with E-state index in [1.54, 1.807) is 0 Å². The van der Waals surface area contributed by atoms with Gasteiger partial charge in [0.05, 0.1) is 0 Å². The molecule has 2 heteroatoms. The van der Waals surface area contributed by atoms with Crippen molar-refractivity contribution in [1.29, 1.82) is 0 Å². The van der Waals surface area contributed by atoms with Crippen LogP contribution >= 0.6 is 0 Å². The van der Waals surface area contributed by atoms with Crippen molar-refractivity contribution < 1.29 is 0 Å². The molecule has 0 amide bonds. The van der Waals surface area contributed by atoms with E-state index >= 15 is 0 Å². The molecule has 1 fully saturated rings. The van der Waals surface area contributed by atoms with Crippen molar-refractivity contribution in [3.63, 3.8) is 0 Å². The highest BCUT2D eigenvalue weighted by molar-refractivity contribution is 4.83. The normalized spacial score (nSPS) is 27.7. The Labute approximate surface area is 115 Å². The Morgan fingerprint density at radius 2 is 1.94 bits per heavy atom. The predicted octanol–water partition coefficient (Wildman–Crippen LogP) is 3.52. The van der Waals surface area contributed by atoms with Gasteiger partial charge in [0.15, 0.2) is 0 Å². The van der Waals surface area contributed by atoms with E-state index in [0.717, 1.165) is 30.5 Å². The topological polar surface area (TPSA) is 15.3 Å². The molecule has 0 saturated carbocycles. The first-order chi connectivity index (χ1) is 8.54. The van der Waals surface area contributed by atoms with Crippen LogP contribution in [0, 0.1) is 11.8 Å². The molecule has 1 saturated heterocycles. The average molecular weight is 254 g/mol. The molecule has 3 atom stereocenters. The number of hydrogen-bond donors (Lipinski definition) is 1. The van der Waals surface area contributed by atoms with E-state index in [4.69, 9.17) is 0 Å². The Bertz CT molecular complexity index is 215. The molecule has 0 radical (unpaired) electrons. The fourth-order valence-corrected chi connectivity index (χ4v) is 3.22. The third kappa shape index (κ3) is 5.27. The van der Waals surface area contributed by atoms with Gasteiger partial charge in [-0.05, 0) is 51.1 Å². The molecule has 2 nitrogen and oxygen atoms in total. The Balaban J connectivity index is 2.44. The van der Waals surface area contributed by atoms with Gasteiger partial charge in [-0.25, -0.2) is 0 Å². The number of hydrogen-bond acceptors (Lipinski definition) is 2. The van der Waals surface area contributed by atoms with Crippen LogP contribution < -0.4 is 5.32 Å². The van der Waals surface area contributed by atoms with Crippen LogP contribution in [0.5, 0.6) is 0 Å². The molecule has 0 aromatic heterocycles. The van der Waals surface area contributed by atoms with Gasteiger partial charge in [0.25, 0.3) is 0 Å².